The molecule has 0 heterocycles. The second-order valence-electron chi connectivity index (χ2n) is 9.00. The molecule has 0 aliphatic rings. The highest BCUT2D eigenvalue weighted by atomic mass is 16.6. The average molecular weight is 584 g/mol. The molecule has 0 unspecified atom stereocenters. The van der Waals surface area contributed by atoms with Crippen LogP contribution in [0.15, 0.2) is 0 Å². The first-order valence-electron chi connectivity index (χ1n) is 15.3. The molecule has 0 atom stereocenters. The third-order valence-electron chi connectivity index (χ3n) is 5.49. The Hall–Kier alpha value is -0.440. The summed E-state index contributed by atoms with van der Waals surface area (Å²) in [6.07, 6.45) is 7.70. The highest BCUT2D eigenvalue weighted by molar-refractivity contribution is 4.44. The summed E-state index contributed by atoms with van der Waals surface area (Å²) in [5.74, 6) is 0. The minimum atomic E-state index is 0.531. The van der Waals surface area contributed by atoms with E-state index in [0.29, 0.717) is 126 Å². The first kappa shape index (κ1) is 39.6. The summed E-state index contributed by atoms with van der Waals surface area (Å²) in [7, 11) is 1.90. The second kappa shape index (κ2) is 38.6. The SMILES string of the molecule is CCCCCCCCOCCOCCOCCOCCOCCOCCOCCOCCOCCOCCNC. The second-order valence-corrected chi connectivity index (χ2v) is 9.00. The zero-order chi connectivity index (χ0) is 28.9. The molecule has 40 heavy (non-hydrogen) atoms. The van der Waals surface area contributed by atoms with Crippen LogP contribution in [0, 0.1) is 0 Å². The summed E-state index contributed by atoms with van der Waals surface area (Å²) in [6, 6.07) is 0. The van der Waals surface area contributed by atoms with Crippen LogP contribution in [-0.4, -0.2) is 146 Å². The van der Waals surface area contributed by atoms with Crippen LogP contribution in [0.3, 0.4) is 0 Å². The molecule has 0 rings (SSSR count). The van der Waals surface area contributed by atoms with Gasteiger partial charge in [0.25, 0.3) is 0 Å². The van der Waals surface area contributed by atoms with Gasteiger partial charge in [-0.25, -0.2) is 0 Å². The van der Waals surface area contributed by atoms with Gasteiger partial charge in [0.05, 0.1) is 126 Å². The van der Waals surface area contributed by atoms with Crippen LogP contribution < -0.4 is 5.32 Å². The zero-order valence-electron chi connectivity index (χ0n) is 25.7. The molecule has 0 radical (unpaired) electrons. The molecule has 0 aromatic heterocycles. The van der Waals surface area contributed by atoms with E-state index in [2.05, 4.69) is 12.2 Å². The molecule has 0 aromatic rings. The van der Waals surface area contributed by atoms with Gasteiger partial charge in [-0.15, -0.1) is 0 Å². The van der Waals surface area contributed by atoms with E-state index in [9.17, 15) is 0 Å². The van der Waals surface area contributed by atoms with E-state index in [-0.39, 0.29) is 0 Å². The predicted molar refractivity (Wildman–Crippen MR) is 155 cm³/mol. The fraction of sp³-hybridized carbons (Fsp3) is 1.00. The summed E-state index contributed by atoms with van der Waals surface area (Å²) in [5.41, 5.74) is 0. The Kier molecular flexibility index (Phi) is 38.1. The minimum Gasteiger partial charge on any atom is -0.379 e. The van der Waals surface area contributed by atoms with Crippen molar-refractivity contribution in [1.29, 1.82) is 0 Å². The molecule has 0 saturated carbocycles. The Labute approximate surface area is 244 Å². The van der Waals surface area contributed by atoms with Gasteiger partial charge in [0.2, 0.25) is 0 Å². The molecule has 0 aliphatic carbocycles. The molecule has 11 nitrogen and oxygen atoms in total. The average Bonchev–Trinajstić information content (AvgIpc) is 2.97. The van der Waals surface area contributed by atoms with Gasteiger partial charge in [-0.2, -0.15) is 0 Å². The van der Waals surface area contributed by atoms with Crippen LogP contribution in [0.4, 0.5) is 0 Å². The van der Waals surface area contributed by atoms with E-state index in [1.54, 1.807) is 0 Å². The van der Waals surface area contributed by atoms with Crippen LogP contribution >= 0.6 is 0 Å². The van der Waals surface area contributed by atoms with Crippen molar-refractivity contribution in [3.05, 3.63) is 0 Å². The van der Waals surface area contributed by atoms with Crippen LogP contribution in [0.25, 0.3) is 0 Å². The summed E-state index contributed by atoms with van der Waals surface area (Å²) in [6.45, 7) is 14.7. The summed E-state index contributed by atoms with van der Waals surface area (Å²) >= 11 is 0. The van der Waals surface area contributed by atoms with Crippen molar-refractivity contribution in [2.75, 3.05) is 146 Å². The van der Waals surface area contributed by atoms with Gasteiger partial charge >= 0.3 is 0 Å². The van der Waals surface area contributed by atoms with Gasteiger partial charge in [-0.1, -0.05) is 39.0 Å². The minimum absolute atomic E-state index is 0.531. The van der Waals surface area contributed by atoms with Gasteiger partial charge in [-0.3, -0.25) is 0 Å². The van der Waals surface area contributed by atoms with E-state index in [1.807, 2.05) is 7.05 Å². The lowest BCUT2D eigenvalue weighted by Crippen LogP contribution is -2.17. The molecule has 1 N–H and O–H groups in total. The first-order valence-corrected chi connectivity index (χ1v) is 15.3. The molecule has 0 amide bonds. The fourth-order valence-electron chi connectivity index (χ4n) is 3.24. The quantitative estimate of drug-likeness (QED) is 0.109. The van der Waals surface area contributed by atoms with E-state index < -0.39 is 0 Å². The summed E-state index contributed by atoms with van der Waals surface area (Å²) in [5, 5.41) is 3.02. The van der Waals surface area contributed by atoms with Gasteiger partial charge in [-0.05, 0) is 13.5 Å². The smallest absolute Gasteiger partial charge is 0.0701 e. The third-order valence-corrected chi connectivity index (χ3v) is 5.49. The first-order chi connectivity index (χ1) is 19.9. The van der Waals surface area contributed by atoms with Gasteiger partial charge in [0.1, 0.15) is 0 Å². The largest absolute Gasteiger partial charge is 0.379 e. The Morgan fingerprint density at radius 1 is 0.300 bits per heavy atom. The Morgan fingerprint density at radius 2 is 0.550 bits per heavy atom. The molecule has 0 aliphatic heterocycles. The molecule has 0 saturated heterocycles. The van der Waals surface area contributed by atoms with E-state index in [4.69, 9.17) is 47.4 Å². The molecule has 242 valence electrons. The standard InChI is InChI=1S/C29H61NO10/c1-3-4-5-6-7-8-10-31-12-14-33-16-18-35-20-22-37-24-26-39-28-29-40-27-25-38-23-21-36-19-17-34-15-13-32-11-9-30-2/h30H,3-29H2,1-2H3. The third kappa shape index (κ3) is 37.6. The lowest BCUT2D eigenvalue weighted by atomic mass is 10.1. The van der Waals surface area contributed by atoms with Crippen molar-refractivity contribution < 1.29 is 47.4 Å². The number of nitrogens with one attached hydrogen (secondary N) is 1. The highest BCUT2D eigenvalue weighted by Crippen LogP contribution is 2.04. The van der Waals surface area contributed by atoms with Crippen LogP contribution in [0.5, 0.6) is 0 Å². The zero-order valence-corrected chi connectivity index (χ0v) is 25.7. The molecule has 0 bridgehead atoms. The lowest BCUT2D eigenvalue weighted by Gasteiger charge is -2.09. The van der Waals surface area contributed by atoms with E-state index >= 15 is 0 Å². The predicted octanol–water partition coefficient (Wildman–Crippen LogP) is 2.73. The highest BCUT2D eigenvalue weighted by Gasteiger charge is 1.96. The fourth-order valence-corrected chi connectivity index (χ4v) is 3.24. The van der Waals surface area contributed by atoms with Crippen molar-refractivity contribution in [2.24, 2.45) is 0 Å². The van der Waals surface area contributed by atoms with E-state index in [0.717, 1.165) is 19.6 Å². The van der Waals surface area contributed by atoms with Crippen molar-refractivity contribution in [1.82, 2.24) is 5.32 Å². The number of likely N-dealkylation sites (N-methyl/N-ethyl adjacent to an activating group) is 1. The number of unbranched alkanes of at least 4 members (excludes halogenated alkanes) is 5. The van der Waals surface area contributed by atoms with Gasteiger partial charge in [0.15, 0.2) is 0 Å². The molecule has 11 heteroatoms. The Balaban J connectivity index is 3.01. The van der Waals surface area contributed by atoms with Crippen molar-refractivity contribution in [2.45, 2.75) is 45.4 Å². The maximum Gasteiger partial charge on any atom is 0.0701 e. The lowest BCUT2D eigenvalue weighted by molar-refractivity contribution is -0.0264. The van der Waals surface area contributed by atoms with Crippen molar-refractivity contribution in [3.8, 4) is 0 Å². The summed E-state index contributed by atoms with van der Waals surface area (Å²) in [4.78, 5) is 0. The molecule has 0 aromatic carbocycles. The normalized spacial score (nSPS) is 11.6. The Morgan fingerprint density at radius 3 is 0.850 bits per heavy atom. The summed E-state index contributed by atoms with van der Waals surface area (Å²) < 4.78 is 54.7. The molecular formula is C29H61NO10. The molecular weight excluding hydrogens is 522 g/mol. The van der Waals surface area contributed by atoms with Crippen LogP contribution in [0.1, 0.15) is 45.4 Å². The molecule has 0 fully saturated rings. The van der Waals surface area contributed by atoms with Gasteiger partial charge in [0, 0.05) is 13.2 Å². The van der Waals surface area contributed by atoms with Crippen LogP contribution in [0.2, 0.25) is 0 Å². The van der Waals surface area contributed by atoms with Crippen molar-refractivity contribution in [3.63, 3.8) is 0 Å². The Bertz CT molecular complexity index is 400. The monoisotopic (exact) mass is 583 g/mol. The van der Waals surface area contributed by atoms with E-state index in [1.165, 1.54) is 32.1 Å². The number of hydrogen-bond donors (Lipinski definition) is 1. The van der Waals surface area contributed by atoms with Crippen molar-refractivity contribution >= 4 is 0 Å². The maximum absolute atomic E-state index is 5.58. The molecule has 0 spiro atoms. The number of ether oxygens (including phenoxy) is 10. The van der Waals surface area contributed by atoms with Gasteiger partial charge < -0.3 is 52.7 Å². The maximum atomic E-state index is 5.58. The van der Waals surface area contributed by atoms with Crippen LogP contribution in [-0.2, 0) is 47.4 Å². The number of hydrogen-bond acceptors (Lipinski definition) is 11. The topological polar surface area (TPSA) is 104 Å². The number of rotatable bonds is 37.